The van der Waals surface area contributed by atoms with Gasteiger partial charge in [-0.05, 0) is 36.6 Å². The van der Waals surface area contributed by atoms with Crippen LogP contribution in [0.15, 0.2) is 48.5 Å². The fourth-order valence-corrected chi connectivity index (χ4v) is 4.07. The molecule has 31 heavy (non-hydrogen) atoms. The van der Waals surface area contributed by atoms with Gasteiger partial charge in [-0.3, -0.25) is 9.59 Å². The number of hydrogen-bond acceptors (Lipinski definition) is 5. The van der Waals surface area contributed by atoms with Crippen molar-refractivity contribution in [3.63, 3.8) is 0 Å². The molecule has 6 nitrogen and oxygen atoms in total. The number of nitrogens with zero attached hydrogens (tertiary/aromatic N) is 1. The van der Waals surface area contributed by atoms with E-state index in [9.17, 15) is 9.59 Å². The molecule has 0 N–H and O–H groups in total. The van der Waals surface area contributed by atoms with Crippen LogP contribution in [0.2, 0.25) is 5.02 Å². The van der Waals surface area contributed by atoms with Crippen molar-refractivity contribution in [1.82, 2.24) is 4.90 Å². The number of ether oxygens (including phenoxy) is 3. The maximum Gasteiger partial charge on any atom is 0.309 e. The number of benzene rings is 2. The van der Waals surface area contributed by atoms with Gasteiger partial charge in [0.15, 0.2) is 6.79 Å². The van der Waals surface area contributed by atoms with Crippen LogP contribution in [0.1, 0.15) is 29.5 Å². The maximum absolute atomic E-state index is 12.6. The second kappa shape index (κ2) is 9.98. The van der Waals surface area contributed by atoms with Gasteiger partial charge in [0.05, 0.1) is 12.5 Å². The topological polar surface area (TPSA) is 65.1 Å². The summed E-state index contributed by atoms with van der Waals surface area (Å²) in [6, 6.07) is 13.2. The number of carbonyl (C=O) groups excluding carboxylic acids is 2. The molecule has 0 saturated carbocycles. The van der Waals surface area contributed by atoms with Gasteiger partial charge in [-0.25, -0.2) is 0 Å². The van der Waals surface area contributed by atoms with Crippen molar-refractivity contribution in [2.45, 2.75) is 26.1 Å². The molecule has 2 heterocycles. The van der Waals surface area contributed by atoms with Gasteiger partial charge in [0.25, 0.3) is 0 Å². The molecule has 0 radical (unpaired) electrons. The first kappa shape index (κ1) is 21.4. The number of esters is 1. The van der Waals surface area contributed by atoms with E-state index >= 15 is 0 Å². The summed E-state index contributed by atoms with van der Waals surface area (Å²) in [4.78, 5) is 26.8. The van der Waals surface area contributed by atoms with Gasteiger partial charge in [0, 0.05) is 35.3 Å². The number of likely N-dealkylation sites (tertiary alicyclic amines) is 1. The zero-order valence-corrected chi connectivity index (χ0v) is 17.8. The Kier molecular flexibility index (Phi) is 6.89. The van der Waals surface area contributed by atoms with Gasteiger partial charge in [-0.2, -0.15) is 0 Å². The fraction of sp³-hybridized carbons (Fsp3) is 0.333. The van der Waals surface area contributed by atoms with Crippen molar-refractivity contribution in [3.8, 4) is 5.75 Å². The zero-order chi connectivity index (χ0) is 21.6. The minimum atomic E-state index is -0.257. The van der Waals surface area contributed by atoms with Crippen molar-refractivity contribution in [2.24, 2.45) is 5.92 Å². The lowest BCUT2D eigenvalue weighted by molar-refractivity contribution is -0.152. The van der Waals surface area contributed by atoms with Crippen molar-refractivity contribution in [3.05, 3.63) is 70.3 Å². The van der Waals surface area contributed by atoms with Crippen LogP contribution in [-0.4, -0.2) is 36.7 Å². The maximum atomic E-state index is 12.6. The largest absolute Gasteiger partial charge is 0.467 e. The van der Waals surface area contributed by atoms with E-state index < -0.39 is 0 Å². The van der Waals surface area contributed by atoms with Crippen molar-refractivity contribution < 1.29 is 23.8 Å². The first-order valence-electron chi connectivity index (χ1n) is 10.3. The third-order valence-corrected chi connectivity index (χ3v) is 5.70. The van der Waals surface area contributed by atoms with E-state index in [1.807, 2.05) is 36.4 Å². The molecule has 1 saturated heterocycles. The first-order valence-corrected chi connectivity index (χ1v) is 10.7. The van der Waals surface area contributed by atoms with Gasteiger partial charge in [-0.15, -0.1) is 0 Å². The van der Waals surface area contributed by atoms with E-state index in [1.165, 1.54) is 0 Å². The minimum Gasteiger partial charge on any atom is -0.467 e. The van der Waals surface area contributed by atoms with Crippen LogP contribution in [-0.2, 0) is 32.3 Å². The predicted molar refractivity (Wildman–Crippen MR) is 116 cm³/mol. The molecule has 0 aromatic heterocycles. The van der Waals surface area contributed by atoms with Crippen molar-refractivity contribution in [2.75, 3.05) is 19.9 Å². The lowest BCUT2D eigenvalue weighted by atomic mass is 9.97. The smallest absolute Gasteiger partial charge is 0.309 e. The molecule has 0 spiro atoms. The zero-order valence-electron chi connectivity index (χ0n) is 17.1. The molecule has 0 unspecified atom stereocenters. The highest BCUT2D eigenvalue weighted by Crippen LogP contribution is 2.32. The number of hydrogen-bond donors (Lipinski definition) is 0. The summed E-state index contributed by atoms with van der Waals surface area (Å²) in [6.45, 7) is 1.75. The van der Waals surface area contributed by atoms with Crippen molar-refractivity contribution >= 4 is 29.6 Å². The Balaban J connectivity index is 1.28. The lowest BCUT2D eigenvalue weighted by Crippen LogP contribution is -2.39. The van der Waals surface area contributed by atoms with Gasteiger partial charge in [0.2, 0.25) is 5.91 Å². The molecular weight excluding hydrogens is 418 g/mol. The fourth-order valence-electron chi connectivity index (χ4n) is 3.80. The Labute approximate surface area is 186 Å². The Morgan fingerprint density at radius 2 is 1.94 bits per heavy atom. The van der Waals surface area contributed by atoms with E-state index in [2.05, 4.69) is 0 Å². The van der Waals surface area contributed by atoms with Gasteiger partial charge in [0.1, 0.15) is 12.4 Å². The Morgan fingerprint density at radius 1 is 1.16 bits per heavy atom. The average Bonchev–Trinajstić information content (AvgIpc) is 2.81. The molecule has 162 valence electrons. The van der Waals surface area contributed by atoms with Gasteiger partial charge < -0.3 is 19.1 Å². The summed E-state index contributed by atoms with van der Waals surface area (Å²) >= 11 is 6.16. The number of amides is 1. The second-order valence-corrected chi connectivity index (χ2v) is 8.05. The van der Waals surface area contributed by atoms with Crippen LogP contribution in [0.4, 0.5) is 0 Å². The summed E-state index contributed by atoms with van der Waals surface area (Å²) in [7, 11) is 0. The molecule has 1 fully saturated rings. The summed E-state index contributed by atoms with van der Waals surface area (Å²) in [5.41, 5.74) is 2.56. The van der Waals surface area contributed by atoms with E-state index in [1.54, 1.807) is 23.1 Å². The summed E-state index contributed by atoms with van der Waals surface area (Å²) in [5.74, 6) is 0.156. The van der Waals surface area contributed by atoms with Crippen LogP contribution in [0.5, 0.6) is 5.75 Å². The molecule has 0 aliphatic carbocycles. The quantitative estimate of drug-likeness (QED) is 0.514. The normalized spacial score (nSPS) is 16.6. The molecule has 2 aliphatic rings. The number of fused-ring (bicyclic) bond motifs is 1. The first-order chi connectivity index (χ1) is 15.1. The van der Waals surface area contributed by atoms with Crippen LogP contribution in [0.3, 0.4) is 0 Å². The summed E-state index contributed by atoms with van der Waals surface area (Å²) in [6.07, 6.45) is 4.56. The van der Waals surface area contributed by atoms with Gasteiger partial charge >= 0.3 is 5.97 Å². The minimum absolute atomic E-state index is 0.0411. The van der Waals surface area contributed by atoms with E-state index in [4.69, 9.17) is 25.8 Å². The highest BCUT2D eigenvalue weighted by Gasteiger charge is 2.28. The average molecular weight is 442 g/mol. The Bertz CT molecular complexity index is 967. The standard InChI is InChI=1S/C24H24ClNO5/c25-21-12-19-14-29-16-31-23(19)20(13-21)15-30-24(28)18-8-10-26(11-9-18)22(27)7-6-17-4-2-1-3-5-17/h1-7,12-13,18H,8-11,14-16H2/b7-6+. The third kappa shape index (κ3) is 5.46. The molecule has 2 aromatic carbocycles. The van der Waals surface area contributed by atoms with Crippen molar-refractivity contribution in [1.29, 1.82) is 0 Å². The van der Waals surface area contributed by atoms with E-state index in [-0.39, 0.29) is 31.2 Å². The number of carbonyl (C=O) groups is 2. The highest BCUT2D eigenvalue weighted by molar-refractivity contribution is 6.30. The molecule has 4 rings (SSSR count). The molecule has 0 bridgehead atoms. The monoisotopic (exact) mass is 441 g/mol. The molecule has 0 atom stereocenters. The van der Waals surface area contributed by atoms with E-state index in [0.29, 0.717) is 43.3 Å². The Hall–Kier alpha value is -2.83. The number of piperidine rings is 1. The second-order valence-electron chi connectivity index (χ2n) is 7.62. The van der Waals surface area contributed by atoms with Crippen LogP contribution in [0, 0.1) is 5.92 Å². The SMILES string of the molecule is O=C(OCc1cc(Cl)cc2c1OCOC2)C1CCN(C(=O)/C=C/c2ccccc2)CC1. The third-order valence-electron chi connectivity index (χ3n) is 5.48. The molecule has 7 heteroatoms. The lowest BCUT2D eigenvalue weighted by Gasteiger charge is -2.30. The number of rotatable bonds is 5. The highest BCUT2D eigenvalue weighted by atomic mass is 35.5. The number of halogens is 1. The molecule has 2 aromatic rings. The molecular formula is C24H24ClNO5. The van der Waals surface area contributed by atoms with E-state index in [0.717, 1.165) is 16.7 Å². The van der Waals surface area contributed by atoms with Crippen LogP contribution < -0.4 is 4.74 Å². The molecule has 2 aliphatic heterocycles. The predicted octanol–water partition coefficient (Wildman–Crippen LogP) is 4.20. The summed E-state index contributed by atoms with van der Waals surface area (Å²) < 4.78 is 16.4. The van der Waals surface area contributed by atoms with Gasteiger partial charge in [-0.1, -0.05) is 41.9 Å². The summed E-state index contributed by atoms with van der Waals surface area (Å²) in [5, 5.41) is 0.550. The Morgan fingerprint density at radius 3 is 2.71 bits per heavy atom. The van der Waals surface area contributed by atoms with Crippen LogP contribution in [0.25, 0.3) is 6.08 Å². The molecule has 1 amide bonds. The van der Waals surface area contributed by atoms with Crippen LogP contribution >= 0.6 is 11.6 Å².